The minimum Gasteiger partial charge on any atom is -0.484 e. The van der Waals surface area contributed by atoms with E-state index < -0.39 is 10.0 Å². The second-order valence-corrected chi connectivity index (χ2v) is 8.24. The largest absolute Gasteiger partial charge is 0.484 e. The van der Waals surface area contributed by atoms with Crippen molar-refractivity contribution in [1.29, 1.82) is 5.26 Å². The predicted octanol–water partition coefficient (Wildman–Crippen LogP) is 3.59. The summed E-state index contributed by atoms with van der Waals surface area (Å²) in [6.45, 7) is 2.96. The van der Waals surface area contributed by atoms with Crippen molar-refractivity contribution in [2.45, 2.75) is 37.8 Å². The van der Waals surface area contributed by atoms with Crippen molar-refractivity contribution in [2.24, 2.45) is 5.14 Å². The second kappa shape index (κ2) is 8.19. The van der Waals surface area contributed by atoms with Crippen molar-refractivity contribution in [3.63, 3.8) is 0 Å². The molecule has 2 N–H and O–H groups in total. The summed E-state index contributed by atoms with van der Waals surface area (Å²) in [5, 5.41) is 14.5. The van der Waals surface area contributed by atoms with E-state index in [0.717, 1.165) is 24.9 Å². The number of rotatable bonds is 7. The van der Waals surface area contributed by atoms with Crippen LogP contribution in [0.3, 0.4) is 0 Å². The van der Waals surface area contributed by atoms with Crippen LogP contribution in [0.2, 0.25) is 5.02 Å². The summed E-state index contributed by atoms with van der Waals surface area (Å²) in [5.41, 5.74) is 1.79. The van der Waals surface area contributed by atoms with Gasteiger partial charge in [-0.2, -0.15) is 5.26 Å². The highest BCUT2D eigenvalue weighted by molar-refractivity contribution is 7.89. The number of primary sulfonamides is 1. The number of unbranched alkanes of at least 4 members (excludes halogenated alkanes) is 1. The van der Waals surface area contributed by atoms with E-state index in [1.165, 1.54) is 18.2 Å². The smallest absolute Gasteiger partial charge is 0.238 e. The lowest BCUT2D eigenvalue weighted by atomic mass is 10.2. The number of nitrogens with two attached hydrogens (primary N) is 1. The van der Waals surface area contributed by atoms with Gasteiger partial charge in [-0.3, -0.25) is 0 Å². The number of fused-ring (bicyclic) bond motifs is 1. The highest BCUT2D eigenvalue weighted by Gasteiger charge is 2.15. The number of ether oxygens (including phenoxy) is 1. The van der Waals surface area contributed by atoms with Crippen molar-refractivity contribution in [2.75, 3.05) is 0 Å². The topological polar surface area (TPSA) is 111 Å². The molecule has 0 amide bonds. The van der Waals surface area contributed by atoms with Gasteiger partial charge in [0.25, 0.3) is 0 Å². The maximum Gasteiger partial charge on any atom is 0.238 e. The van der Waals surface area contributed by atoms with Crippen molar-refractivity contribution in [3.05, 3.63) is 52.8 Å². The normalized spacial score (nSPS) is 11.5. The molecule has 3 rings (SSSR count). The first-order valence-electron chi connectivity index (χ1n) is 8.68. The van der Waals surface area contributed by atoms with Gasteiger partial charge in [-0.05, 0) is 42.8 Å². The van der Waals surface area contributed by atoms with Crippen LogP contribution in [0.15, 0.2) is 41.3 Å². The number of nitriles is 1. The van der Waals surface area contributed by atoms with Gasteiger partial charge in [-0.25, -0.2) is 18.5 Å². The quantitative estimate of drug-likeness (QED) is 0.630. The zero-order valence-electron chi connectivity index (χ0n) is 15.2. The number of benzene rings is 2. The first-order chi connectivity index (χ1) is 13.3. The Bertz CT molecular complexity index is 1170. The molecule has 0 saturated carbocycles. The average Bonchev–Trinajstić information content (AvgIpc) is 3.01. The van der Waals surface area contributed by atoms with E-state index in [4.69, 9.17) is 26.7 Å². The minimum absolute atomic E-state index is 0.0164. The Labute approximate surface area is 168 Å². The zero-order valence-corrected chi connectivity index (χ0v) is 16.8. The highest BCUT2D eigenvalue weighted by Crippen LogP contribution is 2.27. The first kappa shape index (κ1) is 20.1. The predicted molar refractivity (Wildman–Crippen MR) is 107 cm³/mol. The molecule has 7 nitrogen and oxygen atoms in total. The van der Waals surface area contributed by atoms with E-state index >= 15 is 0 Å². The molecule has 0 unspecified atom stereocenters. The number of aryl methyl sites for hydroxylation is 1. The van der Waals surface area contributed by atoms with Crippen LogP contribution in [-0.4, -0.2) is 18.0 Å². The van der Waals surface area contributed by atoms with E-state index in [1.54, 1.807) is 18.2 Å². The second-order valence-electron chi connectivity index (χ2n) is 6.27. The molecule has 1 aromatic heterocycles. The van der Waals surface area contributed by atoms with E-state index in [9.17, 15) is 8.42 Å². The van der Waals surface area contributed by atoms with Gasteiger partial charge in [0.05, 0.1) is 32.6 Å². The number of aromatic nitrogens is 2. The third-order valence-corrected chi connectivity index (χ3v) is 5.49. The number of sulfonamides is 1. The fraction of sp³-hybridized carbons (Fsp3) is 0.263. The monoisotopic (exact) mass is 418 g/mol. The molecular formula is C19H19ClN4O3S. The van der Waals surface area contributed by atoms with Crippen molar-refractivity contribution in [3.8, 4) is 11.8 Å². The maximum absolute atomic E-state index is 11.6. The van der Waals surface area contributed by atoms with Crippen LogP contribution in [0.4, 0.5) is 0 Å². The molecule has 0 aliphatic heterocycles. The number of halogens is 1. The molecular weight excluding hydrogens is 400 g/mol. The molecule has 0 aliphatic rings. The lowest BCUT2D eigenvalue weighted by Crippen LogP contribution is -2.11. The third-order valence-electron chi connectivity index (χ3n) is 4.28. The third kappa shape index (κ3) is 4.28. The molecule has 0 aliphatic carbocycles. The molecule has 146 valence electrons. The van der Waals surface area contributed by atoms with Gasteiger partial charge in [0.2, 0.25) is 10.0 Å². The number of nitrogens with zero attached hydrogens (tertiary/aromatic N) is 3. The van der Waals surface area contributed by atoms with Crippen molar-refractivity contribution < 1.29 is 13.2 Å². The molecule has 0 spiro atoms. The van der Waals surface area contributed by atoms with E-state index in [2.05, 4.69) is 11.9 Å². The van der Waals surface area contributed by atoms with Crippen molar-refractivity contribution in [1.82, 2.24) is 9.55 Å². The fourth-order valence-corrected chi connectivity index (χ4v) is 3.61. The van der Waals surface area contributed by atoms with Gasteiger partial charge in [0.1, 0.15) is 18.2 Å². The lowest BCUT2D eigenvalue weighted by Gasteiger charge is -2.11. The summed E-state index contributed by atoms with van der Waals surface area (Å²) >= 11 is 6.16. The van der Waals surface area contributed by atoms with Gasteiger partial charge in [-0.15, -0.1) is 0 Å². The average molecular weight is 419 g/mol. The molecule has 0 radical (unpaired) electrons. The van der Waals surface area contributed by atoms with Gasteiger partial charge in [0.15, 0.2) is 0 Å². The molecule has 0 bridgehead atoms. The van der Waals surface area contributed by atoms with E-state index in [-0.39, 0.29) is 11.5 Å². The maximum atomic E-state index is 11.6. The molecule has 0 atom stereocenters. The summed E-state index contributed by atoms with van der Waals surface area (Å²) < 4.78 is 31.0. The molecule has 3 aromatic rings. The summed E-state index contributed by atoms with van der Waals surface area (Å²) in [6, 6.07) is 11.5. The van der Waals surface area contributed by atoms with E-state index in [1.807, 2.05) is 10.6 Å². The lowest BCUT2D eigenvalue weighted by molar-refractivity contribution is 0.290. The molecule has 28 heavy (non-hydrogen) atoms. The van der Waals surface area contributed by atoms with Gasteiger partial charge in [0, 0.05) is 6.54 Å². The number of hydrogen-bond acceptors (Lipinski definition) is 5. The Kier molecular flexibility index (Phi) is 5.89. The van der Waals surface area contributed by atoms with Crippen molar-refractivity contribution >= 4 is 32.7 Å². The Morgan fingerprint density at radius 3 is 2.71 bits per heavy atom. The molecule has 1 heterocycles. The molecule has 0 saturated heterocycles. The standard InChI is InChI=1S/C19H19ClN4O3S/c1-2-3-8-24-17-6-5-14(28(22,25)26)10-16(17)23-19(24)12-27-18-7-4-13(11-21)9-15(18)20/h4-7,9-10H,2-3,8,12H2,1H3,(H2,22,25,26). The summed E-state index contributed by atoms with van der Waals surface area (Å²) in [7, 11) is -3.81. The highest BCUT2D eigenvalue weighted by atomic mass is 35.5. The Hall–Kier alpha value is -2.60. The zero-order chi connectivity index (χ0) is 20.3. The van der Waals surface area contributed by atoms with Gasteiger partial charge in [-0.1, -0.05) is 24.9 Å². The molecule has 2 aromatic carbocycles. The van der Waals surface area contributed by atoms with Gasteiger partial charge < -0.3 is 9.30 Å². The first-order valence-corrected chi connectivity index (χ1v) is 10.6. The SMILES string of the molecule is CCCCn1c(COc2ccc(C#N)cc2Cl)nc2cc(S(N)(=O)=O)ccc21. The van der Waals surface area contributed by atoms with Crippen LogP contribution in [0.25, 0.3) is 11.0 Å². The minimum atomic E-state index is -3.81. The number of imidazole rings is 1. The molecule has 9 heteroatoms. The Balaban J connectivity index is 1.95. The summed E-state index contributed by atoms with van der Waals surface area (Å²) in [4.78, 5) is 4.56. The van der Waals surface area contributed by atoms with Crippen LogP contribution in [0.5, 0.6) is 5.75 Å². The van der Waals surface area contributed by atoms with Crippen LogP contribution in [0, 0.1) is 11.3 Å². The van der Waals surface area contributed by atoms with Crippen LogP contribution in [0.1, 0.15) is 31.2 Å². The number of hydrogen-bond donors (Lipinski definition) is 1. The summed E-state index contributed by atoms with van der Waals surface area (Å²) in [6.07, 6.45) is 1.93. The Morgan fingerprint density at radius 1 is 1.29 bits per heavy atom. The fourth-order valence-electron chi connectivity index (χ4n) is 2.84. The van der Waals surface area contributed by atoms with Crippen LogP contribution >= 0.6 is 11.6 Å². The molecule has 0 fully saturated rings. The Morgan fingerprint density at radius 2 is 2.07 bits per heavy atom. The summed E-state index contributed by atoms with van der Waals surface area (Å²) in [5.74, 6) is 1.09. The van der Waals surface area contributed by atoms with Crippen LogP contribution in [-0.2, 0) is 23.2 Å². The van der Waals surface area contributed by atoms with Crippen LogP contribution < -0.4 is 9.88 Å². The van der Waals surface area contributed by atoms with Gasteiger partial charge >= 0.3 is 0 Å². The van der Waals surface area contributed by atoms with E-state index in [0.29, 0.717) is 27.7 Å².